The highest BCUT2D eigenvalue weighted by Gasteiger charge is 2.16. The third-order valence-electron chi connectivity index (χ3n) is 5.07. The third kappa shape index (κ3) is 6.49. The summed E-state index contributed by atoms with van der Waals surface area (Å²) >= 11 is 0. The molecule has 0 bridgehead atoms. The van der Waals surface area contributed by atoms with Crippen LogP contribution >= 0.6 is 0 Å². The van der Waals surface area contributed by atoms with Crippen molar-refractivity contribution >= 4 is 17.9 Å². The number of allylic oxidation sites excluding steroid dienone is 4. The molecular weight excluding hydrogens is 384 g/mol. The molecule has 1 atom stereocenters. The van der Waals surface area contributed by atoms with Gasteiger partial charge in [-0.15, -0.1) is 0 Å². The fourth-order valence-electron chi connectivity index (χ4n) is 3.18. The Morgan fingerprint density at radius 3 is 2.61 bits per heavy atom. The topological polar surface area (TPSA) is 95.1 Å². The summed E-state index contributed by atoms with van der Waals surface area (Å²) in [5, 5.41) is 4.48. The van der Waals surface area contributed by atoms with E-state index >= 15 is 0 Å². The molecule has 0 aliphatic rings. The largest absolute Gasteiger partial charge is 0.384 e. The molecule has 0 radical (unpaired) electrons. The molecule has 0 aliphatic heterocycles. The molecule has 2 rings (SSSR count). The van der Waals surface area contributed by atoms with E-state index in [2.05, 4.69) is 60.4 Å². The number of hydrogen-bond donors (Lipinski definition) is 2. The van der Waals surface area contributed by atoms with Crippen LogP contribution in [0, 0.1) is 0 Å². The molecule has 0 saturated carbocycles. The number of rotatable bonds is 11. The van der Waals surface area contributed by atoms with Crippen LogP contribution in [-0.4, -0.2) is 27.5 Å². The van der Waals surface area contributed by atoms with E-state index < -0.39 is 0 Å². The van der Waals surface area contributed by atoms with Crippen LogP contribution in [0.1, 0.15) is 65.0 Å². The van der Waals surface area contributed by atoms with Crippen LogP contribution in [0.2, 0.25) is 0 Å². The van der Waals surface area contributed by atoms with Crippen molar-refractivity contribution in [1.29, 1.82) is 0 Å². The molecule has 6 nitrogen and oxygen atoms in total. The van der Waals surface area contributed by atoms with Crippen LogP contribution in [0.15, 0.2) is 59.4 Å². The first-order valence-corrected chi connectivity index (χ1v) is 11.1. The van der Waals surface area contributed by atoms with Gasteiger partial charge in [-0.25, -0.2) is 4.99 Å². The minimum atomic E-state index is 0.302. The number of aromatic nitrogens is 3. The van der Waals surface area contributed by atoms with Gasteiger partial charge in [-0.2, -0.15) is 9.78 Å². The summed E-state index contributed by atoms with van der Waals surface area (Å²) in [5.41, 5.74) is 15.8. The fourth-order valence-corrected chi connectivity index (χ4v) is 3.18. The summed E-state index contributed by atoms with van der Waals surface area (Å²) in [6.07, 6.45) is 18.2. The average Bonchev–Trinajstić information content (AvgIpc) is 3.22. The quantitative estimate of drug-likeness (QED) is 0.367. The molecule has 1 unspecified atom stereocenters. The molecular formula is C25H36N6. The second kappa shape index (κ2) is 12.6. The summed E-state index contributed by atoms with van der Waals surface area (Å²) in [5.74, 6) is 1.50. The summed E-state index contributed by atoms with van der Waals surface area (Å²) in [6.45, 7) is 8.52. The lowest BCUT2D eigenvalue weighted by atomic mass is 9.97. The summed E-state index contributed by atoms with van der Waals surface area (Å²) in [4.78, 5) is 9.41. The van der Waals surface area contributed by atoms with Crippen LogP contribution in [-0.2, 0) is 0 Å². The van der Waals surface area contributed by atoms with Crippen molar-refractivity contribution in [3.8, 4) is 11.1 Å². The van der Waals surface area contributed by atoms with Gasteiger partial charge in [0.15, 0.2) is 5.82 Å². The fraction of sp³-hybridized carbons (Fsp3) is 0.400. The van der Waals surface area contributed by atoms with Gasteiger partial charge in [0.2, 0.25) is 0 Å². The minimum Gasteiger partial charge on any atom is -0.384 e. The standard InChI is InChI=1S/C25H36N6/c1-5-8-10-12-20(11-9-6-2)23-14-13-21(17-29-23)22-18-30-31(24(27)19(4)16-26)25(22)28-15-7-3/h5,8-9,11,13-15,17-18,20H,6-7,10,12,16,26-27H2,1-4H3/b8-5-,11-9-,24-19+,28-15+. The predicted molar refractivity (Wildman–Crippen MR) is 132 cm³/mol. The van der Waals surface area contributed by atoms with E-state index in [-0.39, 0.29) is 0 Å². The van der Waals surface area contributed by atoms with Crippen molar-refractivity contribution in [3.63, 3.8) is 0 Å². The molecule has 2 aromatic heterocycles. The van der Waals surface area contributed by atoms with Gasteiger partial charge in [0.05, 0.1) is 6.20 Å². The lowest BCUT2D eigenvalue weighted by molar-refractivity contribution is 0.725. The predicted octanol–water partition coefficient (Wildman–Crippen LogP) is 5.57. The van der Waals surface area contributed by atoms with Crippen LogP contribution in [0.4, 0.5) is 5.82 Å². The van der Waals surface area contributed by atoms with Gasteiger partial charge < -0.3 is 11.5 Å². The van der Waals surface area contributed by atoms with Crippen molar-refractivity contribution in [3.05, 3.63) is 60.1 Å². The Bertz CT molecular complexity index is 931. The molecule has 2 heterocycles. The number of aliphatic imine (C=N–C) groups is 1. The maximum absolute atomic E-state index is 6.28. The monoisotopic (exact) mass is 420 g/mol. The molecule has 6 heteroatoms. The molecule has 0 amide bonds. The van der Waals surface area contributed by atoms with E-state index in [1.54, 1.807) is 10.9 Å². The van der Waals surface area contributed by atoms with Gasteiger partial charge in [-0.3, -0.25) is 4.98 Å². The third-order valence-corrected chi connectivity index (χ3v) is 5.07. The lowest BCUT2D eigenvalue weighted by Gasteiger charge is -2.12. The first-order valence-electron chi connectivity index (χ1n) is 11.1. The number of nitrogens with two attached hydrogens (primary N) is 2. The van der Waals surface area contributed by atoms with E-state index in [0.717, 1.165) is 48.1 Å². The van der Waals surface area contributed by atoms with Gasteiger partial charge in [-0.05, 0) is 51.2 Å². The molecule has 31 heavy (non-hydrogen) atoms. The van der Waals surface area contributed by atoms with E-state index in [1.807, 2.05) is 26.3 Å². The van der Waals surface area contributed by atoms with E-state index in [9.17, 15) is 0 Å². The van der Waals surface area contributed by atoms with Gasteiger partial charge in [0, 0.05) is 41.7 Å². The smallest absolute Gasteiger partial charge is 0.164 e. The molecule has 4 N–H and O–H groups in total. The highest BCUT2D eigenvalue weighted by molar-refractivity contribution is 5.78. The van der Waals surface area contributed by atoms with Crippen LogP contribution in [0.25, 0.3) is 16.9 Å². The SMILES string of the molecule is C/C=C\CCC(/C=C\CC)c1ccc(-c2cnn(/C(N)=C(\C)CN)c2/N=C/CC)cn1. The maximum atomic E-state index is 6.28. The second-order valence-corrected chi connectivity index (χ2v) is 7.44. The van der Waals surface area contributed by atoms with E-state index in [4.69, 9.17) is 16.5 Å². The van der Waals surface area contributed by atoms with Crippen molar-refractivity contribution in [2.45, 2.75) is 59.3 Å². The first-order chi connectivity index (χ1) is 15.1. The minimum absolute atomic E-state index is 0.302. The molecule has 0 aromatic carbocycles. The van der Waals surface area contributed by atoms with Gasteiger partial charge >= 0.3 is 0 Å². The van der Waals surface area contributed by atoms with Crippen molar-refractivity contribution in [2.75, 3.05) is 6.54 Å². The van der Waals surface area contributed by atoms with Crippen LogP contribution in [0.5, 0.6) is 0 Å². The Balaban J connectivity index is 2.42. The van der Waals surface area contributed by atoms with Crippen LogP contribution in [0.3, 0.4) is 0 Å². The van der Waals surface area contributed by atoms with E-state index in [1.165, 1.54) is 0 Å². The maximum Gasteiger partial charge on any atom is 0.164 e. The number of pyridine rings is 1. The Morgan fingerprint density at radius 2 is 2.00 bits per heavy atom. The van der Waals surface area contributed by atoms with Gasteiger partial charge in [0.25, 0.3) is 0 Å². The normalized spacial score (nSPS) is 14.1. The highest BCUT2D eigenvalue weighted by Crippen LogP contribution is 2.32. The number of nitrogens with zero attached hydrogens (tertiary/aromatic N) is 4. The molecule has 166 valence electrons. The zero-order valence-corrected chi connectivity index (χ0v) is 19.3. The lowest BCUT2D eigenvalue weighted by Crippen LogP contribution is -2.14. The zero-order valence-electron chi connectivity index (χ0n) is 19.3. The highest BCUT2D eigenvalue weighted by atomic mass is 15.4. The first kappa shape index (κ1) is 24.3. The molecule has 0 saturated heterocycles. The van der Waals surface area contributed by atoms with Crippen molar-refractivity contribution < 1.29 is 0 Å². The van der Waals surface area contributed by atoms with Gasteiger partial charge in [-0.1, -0.05) is 44.2 Å². The summed E-state index contributed by atoms with van der Waals surface area (Å²) < 4.78 is 1.65. The van der Waals surface area contributed by atoms with E-state index in [0.29, 0.717) is 24.1 Å². The average molecular weight is 421 g/mol. The number of hydrogen-bond acceptors (Lipinski definition) is 5. The Kier molecular flexibility index (Phi) is 9.91. The zero-order chi connectivity index (χ0) is 22.6. The van der Waals surface area contributed by atoms with Crippen LogP contribution < -0.4 is 11.5 Å². The van der Waals surface area contributed by atoms with Crippen molar-refractivity contribution in [1.82, 2.24) is 14.8 Å². The second-order valence-electron chi connectivity index (χ2n) is 7.44. The molecule has 0 aliphatic carbocycles. The Hall–Kier alpha value is -2.99. The molecule has 0 spiro atoms. The summed E-state index contributed by atoms with van der Waals surface area (Å²) in [7, 11) is 0. The Labute approximate surface area is 186 Å². The summed E-state index contributed by atoms with van der Waals surface area (Å²) in [6, 6.07) is 4.19. The van der Waals surface area contributed by atoms with Crippen molar-refractivity contribution in [2.24, 2.45) is 16.5 Å². The van der Waals surface area contributed by atoms with Gasteiger partial charge in [0.1, 0.15) is 5.82 Å². The molecule has 2 aromatic rings. The Morgan fingerprint density at radius 1 is 1.19 bits per heavy atom. The molecule has 0 fully saturated rings.